The summed E-state index contributed by atoms with van der Waals surface area (Å²) in [5, 5.41) is 2.44. The summed E-state index contributed by atoms with van der Waals surface area (Å²) in [7, 11) is 0. The van der Waals surface area contributed by atoms with Gasteiger partial charge < -0.3 is 10.2 Å². The van der Waals surface area contributed by atoms with Crippen LogP contribution in [-0.2, 0) is 16.0 Å². The highest BCUT2D eigenvalue weighted by Gasteiger charge is 2.34. The molecule has 0 unspecified atom stereocenters. The number of imide groups is 1. The second kappa shape index (κ2) is 9.62. The van der Waals surface area contributed by atoms with Crippen molar-refractivity contribution in [2.75, 3.05) is 24.5 Å². The number of anilines is 1. The molecule has 1 fully saturated rings. The van der Waals surface area contributed by atoms with Crippen molar-refractivity contribution in [2.24, 2.45) is 0 Å². The van der Waals surface area contributed by atoms with Crippen LogP contribution in [0, 0.1) is 6.92 Å². The summed E-state index contributed by atoms with van der Waals surface area (Å²) in [6.45, 7) is 4.70. The molecule has 0 aromatic heterocycles. The fourth-order valence-electron chi connectivity index (χ4n) is 3.88. The number of nitrogens with zero attached hydrogens (tertiary/aromatic N) is 2. The van der Waals surface area contributed by atoms with E-state index in [0.717, 1.165) is 39.0 Å². The van der Waals surface area contributed by atoms with Crippen molar-refractivity contribution in [1.29, 1.82) is 0 Å². The van der Waals surface area contributed by atoms with Crippen molar-refractivity contribution < 1.29 is 19.2 Å². The van der Waals surface area contributed by atoms with E-state index in [-0.39, 0.29) is 36.1 Å². The third-order valence-electron chi connectivity index (χ3n) is 5.71. The Morgan fingerprint density at radius 3 is 2.61 bits per heavy atom. The van der Waals surface area contributed by atoms with Crippen molar-refractivity contribution in [3.63, 3.8) is 0 Å². The number of benzene rings is 2. The van der Waals surface area contributed by atoms with Crippen LogP contribution in [0.25, 0.3) is 6.08 Å². The van der Waals surface area contributed by atoms with Gasteiger partial charge in [0, 0.05) is 37.3 Å². The van der Waals surface area contributed by atoms with Gasteiger partial charge in [0.25, 0.3) is 17.1 Å². The Morgan fingerprint density at radius 2 is 1.88 bits per heavy atom. The first-order valence-electron chi connectivity index (χ1n) is 10.9. The molecule has 4 rings (SSSR count). The number of aryl methyl sites for hydroxylation is 1. The number of amides is 4. The Bertz CT molecular complexity index is 1160. The van der Waals surface area contributed by atoms with Crippen LogP contribution in [0.1, 0.15) is 40.4 Å². The average Bonchev–Trinajstić information content (AvgIpc) is 3.35. The summed E-state index contributed by atoms with van der Waals surface area (Å²) < 4.78 is 0. The van der Waals surface area contributed by atoms with Gasteiger partial charge in [0.15, 0.2) is 0 Å². The minimum Gasteiger partial charge on any atom is -0.350 e. The Hall–Kier alpha value is -3.39. The van der Waals surface area contributed by atoms with E-state index in [0.29, 0.717) is 29.9 Å². The van der Waals surface area contributed by atoms with Crippen LogP contribution < -0.4 is 10.2 Å². The van der Waals surface area contributed by atoms with Crippen LogP contribution in [0.5, 0.6) is 0 Å². The Labute approximate surface area is 196 Å². The largest absolute Gasteiger partial charge is 0.350 e. The molecule has 2 aromatic carbocycles. The topological polar surface area (TPSA) is 86.8 Å². The van der Waals surface area contributed by atoms with E-state index in [9.17, 15) is 19.2 Å². The van der Waals surface area contributed by atoms with Crippen molar-refractivity contribution in [3.05, 3.63) is 69.6 Å². The van der Waals surface area contributed by atoms with E-state index in [4.69, 9.17) is 0 Å². The number of rotatable bonds is 6. The SMILES string of the molecule is CCC(=O)N1CCc2cc(C(=O)NCCN3C(=O)SC(=Cc4ccc(C)cc4)C3=O)ccc21. The van der Waals surface area contributed by atoms with Crippen LogP contribution in [0.2, 0.25) is 0 Å². The molecule has 4 amide bonds. The maximum Gasteiger partial charge on any atom is 0.293 e. The van der Waals surface area contributed by atoms with Gasteiger partial charge in [-0.2, -0.15) is 0 Å². The van der Waals surface area contributed by atoms with Gasteiger partial charge in [-0.15, -0.1) is 0 Å². The summed E-state index contributed by atoms with van der Waals surface area (Å²) in [5.74, 6) is -0.558. The van der Waals surface area contributed by atoms with Gasteiger partial charge in [0.1, 0.15) is 0 Å². The lowest BCUT2D eigenvalue weighted by atomic mass is 10.1. The minimum absolute atomic E-state index is 0.0690. The lowest BCUT2D eigenvalue weighted by molar-refractivity contribution is -0.122. The first-order valence-corrected chi connectivity index (χ1v) is 11.7. The quantitative estimate of drug-likeness (QED) is 0.659. The Kier molecular flexibility index (Phi) is 6.65. The predicted octanol–water partition coefficient (Wildman–Crippen LogP) is 3.76. The van der Waals surface area contributed by atoms with Gasteiger partial charge in [-0.05, 0) is 60.5 Å². The zero-order chi connectivity index (χ0) is 23.5. The summed E-state index contributed by atoms with van der Waals surface area (Å²) in [4.78, 5) is 52.9. The molecule has 2 heterocycles. The molecule has 170 valence electrons. The molecule has 33 heavy (non-hydrogen) atoms. The monoisotopic (exact) mass is 463 g/mol. The van der Waals surface area contributed by atoms with Gasteiger partial charge in [0.05, 0.1) is 4.91 Å². The number of carbonyl (C=O) groups is 4. The van der Waals surface area contributed by atoms with Crippen molar-refractivity contribution in [1.82, 2.24) is 10.2 Å². The van der Waals surface area contributed by atoms with Gasteiger partial charge in [-0.25, -0.2) is 0 Å². The van der Waals surface area contributed by atoms with Crippen LogP contribution in [0.4, 0.5) is 10.5 Å². The fraction of sp³-hybridized carbons (Fsp3) is 0.280. The molecule has 0 spiro atoms. The number of thioether (sulfide) groups is 1. The first kappa shape index (κ1) is 22.8. The second-order valence-corrected chi connectivity index (χ2v) is 8.99. The predicted molar refractivity (Wildman–Crippen MR) is 129 cm³/mol. The molecule has 7 nitrogen and oxygen atoms in total. The number of carbonyl (C=O) groups excluding carboxylic acids is 4. The van der Waals surface area contributed by atoms with E-state index in [1.807, 2.05) is 38.1 Å². The smallest absolute Gasteiger partial charge is 0.293 e. The summed E-state index contributed by atoms with van der Waals surface area (Å²) in [6, 6.07) is 13.0. The van der Waals surface area contributed by atoms with Crippen LogP contribution in [-0.4, -0.2) is 47.5 Å². The van der Waals surface area contributed by atoms with Crippen molar-refractivity contribution in [2.45, 2.75) is 26.7 Å². The van der Waals surface area contributed by atoms with Crippen LogP contribution in [0.3, 0.4) is 0 Å². The normalized spacial score (nSPS) is 16.5. The maximum absolute atomic E-state index is 12.6. The van der Waals surface area contributed by atoms with Crippen molar-refractivity contribution >= 4 is 46.5 Å². The number of hydrogen-bond donors (Lipinski definition) is 1. The zero-order valence-electron chi connectivity index (χ0n) is 18.6. The van der Waals surface area contributed by atoms with E-state index in [1.54, 1.807) is 29.2 Å². The number of fused-ring (bicyclic) bond motifs is 1. The zero-order valence-corrected chi connectivity index (χ0v) is 19.4. The standard InChI is InChI=1S/C25H25N3O4S/c1-3-22(29)27-12-10-18-15-19(8-9-20(18)27)23(30)26-11-13-28-24(31)21(33-25(28)32)14-17-6-4-16(2)5-7-17/h4-9,14-15H,3,10-13H2,1-2H3,(H,26,30). The van der Waals surface area contributed by atoms with E-state index in [2.05, 4.69) is 5.32 Å². The van der Waals surface area contributed by atoms with Gasteiger partial charge in [-0.1, -0.05) is 36.8 Å². The summed E-state index contributed by atoms with van der Waals surface area (Å²) in [6.07, 6.45) is 2.86. The van der Waals surface area contributed by atoms with E-state index in [1.165, 1.54) is 0 Å². The molecule has 1 saturated heterocycles. The van der Waals surface area contributed by atoms with Crippen molar-refractivity contribution in [3.8, 4) is 0 Å². The molecule has 1 N–H and O–H groups in total. The molecule has 8 heteroatoms. The molecular weight excluding hydrogens is 438 g/mol. The summed E-state index contributed by atoms with van der Waals surface area (Å²) in [5.41, 5.74) is 4.29. The Morgan fingerprint density at radius 1 is 1.12 bits per heavy atom. The highest BCUT2D eigenvalue weighted by atomic mass is 32.2. The number of hydrogen-bond acceptors (Lipinski definition) is 5. The minimum atomic E-state index is -0.349. The fourth-order valence-corrected chi connectivity index (χ4v) is 4.75. The molecular formula is C25H25N3O4S. The van der Waals surface area contributed by atoms with Gasteiger partial charge >= 0.3 is 0 Å². The second-order valence-electron chi connectivity index (χ2n) is 7.99. The molecule has 0 aliphatic carbocycles. The number of nitrogens with one attached hydrogen (secondary N) is 1. The molecule has 0 radical (unpaired) electrons. The molecule has 0 atom stereocenters. The molecule has 2 aliphatic rings. The maximum atomic E-state index is 12.6. The van der Waals surface area contributed by atoms with E-state index < -0.39 is 0 Å². The van der Waals surface area contributed by atoms with Crippen LogP contribution in [0.15, 0.2) is 47.4 Å². The third-order valence-corrected chi connectivity index (χ3v) is 6.62. The van der Waals surface area contributed by atoms with E-state index >= 15 is 0 Å². The third kappa shape index (κ3) is 4.85. The first-order chi connectivity index (χ1) is 15.9. The highest BCUT2D eigenvalue weighted by Crippen LogP contribution is 2.32. The van der Waals surface area contributed by atoms with Gasteiger partial charge in [-0.3, -0.25) is 24.1 Å². The van der Waals surface area contributed by atoms with Crippen LogP contribution >= 0.6 is 11.8 Å². The molecule has 0 bridgehead atoms. The highest BCUT2D eigenvalue weighted by molar-refractivity contribution is 8.18. The summed E-state index contributed by atoms with van der Waals surface area (Å²) >= 11 is 0.907. The Balaban J connectivity index is 1.34. The molecule has 2 aliphatic heterocycles. The molecule has 0 saturated carbocycles. The van der Waals surface area contributed by atoms with Gasteiger partial charge in [0.2, 0.25) is 5.91 Å². The lowest BCUT2D eigenvalue weighted by Gasteiger charge is -2.16. The lowest BCUT2D eigenvalue weighted by Crippen LogP contribution is -2.37. The average molecular weight is 464 g/mol. The molecule has 2 aromatic rings.